The van der Waals surface area contributed by atoms with Gasteiger partial charge in [-0.15, -0.1) is 0 Å². The van der Waals surface area contributed by atoms with E-state index in [0.717, 1.165) is 18.2 Å². The van der Waals surface area contributed by atoms with Crippen LogP contribution in [-0.4, -0.2) is 47.0 Å². The highest BCUT2D eigenvalue weighted by Crippen LogP contribution is 2.22. The van der Waals surface area contributed by atoms with Crippen LogP contribution in [0, 0.1) is 0 Å². The summed E-state index contributed by atoms with van der Waals surface area (Å²) in [7, 11) is 0. The molecule has 1 rings (SSSR count). The Morgan fingerprint density at radius 2 is 1.79 bits per heavy atom. The second-order valence-electron chi connectivity index (χ2n) is 4.45. The van der Waals surface area contributed by atoms with Crippen molar-refractivity contribution in [1.82, 2.24) is 10.3 Å². The predicted molar refractivity (Wildman–Crippen MR) is 65.3 cm³/mol. The molecular weight excluding hydrogens is 350 g/mol. The number of carboxylic acid groups (broad SMARTS) is 1. The molecule has 0 saturated heterocycles. The average Bonchev–Trinajstić information content (AvgIpc) is 2.42. The van der Waals surface area contributed by atoms with Gasteiger partial charge in [0, 0.05) is 6.07 Å². The van der Waals surface area contributed by atoms with Crippen LogP contribution in [0.25, 0.3) is 0 Å². The van der Waals surface area contributed by atoms with Gasteiger partial charge in [0.05, 0.1) is 6.42 Å². The second-order valence-corrected chi connectivity index (χ2v) is 4.45. The van der Waals surface area contributed by atoms with Gasteiger partial charge in [-0.1, -0.05) is 6.07 Å². The SMILES string of the molecule is O=C(NC(CC(F)(F)F)C(=O)O)c1cccc(OCC(F)(F)F)n1. The first-order valence-corrected chi connectivity index (χ1v) is 6.14. The van der Waals surface area contributed by atoms with E-state index in [1.165, 1.54) is 0 Å². The number of carbonyl (C=O) groups is 2. The van der Waals surface area contributed by atoms with E-state index < -0.39 is 54.9 Å². The maximum atomic E-state index is 12.2. The fourth-order valence-electron chi connectivity index (χ4n) is 1.44. The number of ether oxygens (including phenoxy) is 1. The lowest BCUT2D eigenvalue weighted by Gasteiger charge is -2.16. The van der Waals surface area contributed by atoms with Crippen LogP contribution >= 0.6 is 0 Å². The number of nitrogens with one attached hydrogen (secondary N) is 1. The van der Waals surface area contributed by atoms with Crippen LogP contribution in [-0.2, 0) is 4.79 Å². The summed E-state index contributed by atoms with van der Waals surface area (Å²) in [5, 5.41) is 10.3. The Morgan fingerprint density at radius 3 is 2.29 bits per heavy atom. The molecule has 0 saturated carbocycles. The molecule has 12 heteroatoms. The third-order valence-corrected chi connectivity index (χ3v) is 2.38. The average molecular weight is 360 g/mol. The van der Waals surface area contributed by atoms with E-state index in [-0.39, 0.29) is 0 Å². The van der Waals surface area contributed by atoms with Gasteiger partial charge in [-0.25, -0.2) is 9.78 Å². The molecule has 2 N–H and O–H groups in total. The van der Waals surface area contributed by atoms with E-state index >= 15 is 0 Å². The topological polar surface area (TPSA) is 88.5 Å². The van der Waals surface area contributed by atoms with Gasteiger partial charge in [-0.05, 0) is 6.07 Å². The van der Waals surface area contributed by atoms with Crippen molar-refractivity contribution in [1.29, 1.82) is 0 Å². The number of pyridine rings is 1. The first-order chi connectivity index (χ1) is 10.9. The zero-order valence-corrected chi connectivity index (χ0v) is 11.6. The third-order valence-electron chi connectivity index (χ3n) is 2.38. The number of nitrogens with zero attached hydrogens (tertiary/aromatic N) is 1. The van der Waals surface area contributed by atoms with Crippen LogP contribution in [0.2, 0.25) is 0 Å². The monoisotopic (exact) mass is 360 g/mol. The first-order valence-electron chi connectivity index (χ1n) is 6.14. The van der Waals surface area contributed by atoms with Crippen molar-refractivity contribution in [2.24, 2.45) is 0 Å². The standard InChI is InChI=1S/C12H10F6N2O4/c13-11(14,15)4-7(10(22)23)20-9(21)6-2-1-3-8(19-6)24-5-12(16,17)18/h1-3,7H,4-5H2,(H,20,21)(H,22,23). The number of aromatic nitrogens is 1. The van der Waals surface area contributed by atoms with E-state index in [2.05, 4.69) is 9.72 Å². The highest BCUT2D eigenvalue weighted by atomic mass is 19.4. The van der Waals surface area contributed by atoms with Gasteiger partial charge in [0.1, 0.15) is 11.7 Å². The van der Waals surface area contributed by atoms with Gasteiger partial charge in [0.2, 0.25) is 5.88 Å². The maximum Gasteiger partial charge on any atom is 0.422 e. The highest BCUT2D eigenvalue weighted by molar-refractivity contribution is 5.95. The third kappa shape index (κ3) is 7.15. The summed E-state index contributed by atoms with van der Waals surface area (Å²) in [5.41, 5.74) is -0.594. The molecule has 6 nitrogen and oxygen atoms in total. The van der Waals surface area contributed by atoms with Crippen molar-refractivity contribution in [2.75, 3.05) is 6.61 Å². The summed E-state index contributed by atoms with van der Waals surface area (Å²) in [6.07, 6.45) is -11.3. The van der Waals surface area contributed by atoms with Gasteiger partial charge in [0.25, 0.3) is 5.91 Å². The molecular formula is C12H10F6N2O4. The molecule has 1 unspecified atom stereocenters. The van der Waals surface area contributed by atoms with E-state index in [4.69, 9.17) is 5.11 Å². The molecule has 0 aromatic carbocycles. The van der Waals surface area contributed by atoms with Crippen LogP contribution in [0.15, 0.2) is 18.2 Å². The molecule has 1 aromatic heterocycles. The Labute approximate surface area is 130 Å². The number of halogens is 6. The van der Waals surface area contributed by atoms with Crippen LogP contribution < -0.4 is 10.1 Å². The Morgan fingerprint density at radius 1 is 1.17 bits per heavy atom. The van der Waals surface area contributed by atoms with Gasteiger partial charge in [0.15, 0.2) is 6.61 Å². The number of carboxylic acids is 1. The van der Waals surface area contributed by atoms with E-state index in [0.29, 0.717) is 0 Å². The molecule has 0 spiro atoms. The number of amides is 1. The van der Waals surface area contributed by atoms with Crippen molar-refractivity contribution in [3.63, 3.8) is 0 Å². The molecule has 1 atom stereocenters. The predicted octanol–water partition coefficient (Wildman–Crippen LogP) is 2.16. The highest BCUT2D eigenvalue weighted by Gasteiger charge is 2.36. The van der Waals surface area contributed by atoms with Crippen molar-refractivity contribution < 1.29 is 45.8 Å². The summed E-state index contributed by atoms with van der Waals surface area (Å²) >= 11 is 0. The molecule has 0 fully saturated rings. The summed E-state index contributed by atoms with van der Waals surface area (Å²) in [6, 6.07) is 0.779. The van der Waals surface area contributed by atoms with Crippen LogP contribution in [0.3, 0.4) is 0 Å². The number of rotatable bonds is 6. The largest absolute Gasteiger partial charge is 0.480 e. The number of carbonyl (C=O) groups excluding carboxylic acids is 1. The Kier molecular flexibility index (Phi) is 5.99. The molecule has 1 aromatic rings. The lowest BCUT2D eigenvalue weighted by molar-refractivity contribution is -0.157. The molecule has 24 heavy (non-hydrogen) atoms. The summed E-state index contributed by atoms with van der Waals surface area (Å²) in [4.78, 5) is 25.8. The van der Waals surface area contributed by atoms with Gasteiger partial charge < -0.3 is 15.2 Å². The number of hydrogen-bond acceptors (Lipinski definition) is 4. The molecule has 0 aliphatic rings. The molecule has 0 radical (unpaired) electrons. The smallest absolute Gasteiger partial charge is 0.422 e. The van der Waals surface area contributed by atoms with E-state index in [1.807, 2.05) is 0 Å². The maximum absolute atomic E-state index is 12.2. The van der Waals surface area contributed by atoms with Crippen molar-refractivity contribution in [3.05, 3.63) is 23.9 Å². The van der Waals surface area contributed by atoms with Gasteiger partial charge in [-0.3, -0.25) is 4.79 Å². The van der Waals surface area contributed by atoms with E-state index in [1.54, 1.807) is 5.32 Å². The summed E-state index contributed by atoms with van der Waals surface area (Å²) in [6.45, 7) is -1.68. The number of alkyl halides is 6. The van der Waals surface area contributed by atoms with Crippen molar-refractivity contribution >= 4 is 11.9 Å². The Bertz CT molecular complexity index is 602. The molecule has 0 aliphatic carbocycles. The summed E-state index contributed by atoms with van der Waals surface area (Å²) in [5.74, 6) is -3.82. The zero-order chi connectivity index (χ0) is 18.5. The van der Waals surface area contributed by atoms with Crippen LogP contribution in [0.5, 0.6) is 5.88 Å². The van der Waals surface area contributed by atoms with Crippen LogP contribution in [0.1, 0.15) is 16.9 Å². The Hall–Kier alpha value is -2.53. The summed E-state index contributed by atoms with van der Waals surface area (Å²) < 4.78 is 77.0. The zero-order valence-electron chi connectivity index (χ0n) is 11.6. The van der Waals surface area contributed by atoms with Gasteiger partial charge >= 0.3 is 18.3 Å². The normalized spacial score (nSPS) is 13.2. The molecule has 0 bridgehead atoms. The minimum atomic E-state index is -4.85. The minimum absolute atomic E-state index is 0.594. The lowest BCUT2D eigenvalue weighted by Crippen LogP contribution is -2.43. The van der Waals surface area contributed by atoms with Crippen molar-refractivity contribution in [2.45, 2.75) is 24.8 Å². The molecule has 134 valence electrons. The number of aliphatic carboxylic acids is 1. The number of hydrogen-bond donors (Lipinski definition) is 2. The van der Waals surface area contributed by atoms with Crippen LogP contribution in [0.4, 0.5) is 26.3 Å². The molecule has 1 amide bonds. The first kappa shape index (κ1) is 19.5. The molecule has 1 heterocycles. The Balaban J connectivity index is 2.81. The van der Waals surface area contributed by atoms with E-state index in [9.17, 15) is 35.9 Å². The molecule has 0 aliphatic heterocycles. The lowest BCUT2D eigenvalue weighted by atomic mass is 10.2. The fourth-order valence-corrected chi connectivity index (χ4v) is 1.44. The van der Waals surface area contributed by atoms with Gasteiger partial charge in [-0.2, -0.15) is 26.3 Å². The fraction of sp³-hybridized carbons (Fsp3) is 0.417. The minimum Gasteiger partial charge on any atom is -0.480 e. The van der Waals surface area contributed by atoms with Crippen molar-refractivity contribution in [3.8, 4) is 5.88 Å². The second kappa shape index (κ2) is 7.36. The quantitative estimate of drug-likeness (QED) is 0.759.